The summed E-state index contributed by atoms with van der Waals surface area (Å²) in [5, 5.41) is 22.2. The third-order valence-electron chi connectivity index (χ3n) is 11.7. The maximum atomic E-state index is 13.9. The minimum Gasteiger partial charge on any atom is -0.464 e. The van der Waals surface area contributed by atoms with Crippen LogP contribution in [-0.4, -0.2) is 63.8 Å². The van der Waals surface area contributed by atoms with E-state index in [9.17, 15) is 24.6 Å². The van der Waals surface area contributed by atoms with Gasteiger partial charge in [-0.15, -0.1) is 0 Å². The molecule has 4 fully saturated rings. The molecule has 5 aliphatic rings. The van der Waals surface area contributed by atoms with Crippen molar-refractivity contribution in [2.24, 2.45) is 28.6 Å². The lowest BCUT2D eigenvalue weighted by Gasteiger charge is -2.59. The zero-order valence-electron chi connectivity index (χ0n) is 25.8. The van der Waals surface area contributed by atoms with Crippen molar-refractivity contribution in [3.05, 3.63) is 77.2 Å². The van der Waals surface area contributed by atoms with Crippen molar-refractivity contribution < 1.29 is 38.8 Å². The van der Waals surface area contributed by atoms with Gasteiger partial charge in [-0.25, -0.2) is 4.79 Å². The summed E-state index contributed by atoms with van der Waals surface area (Å²) in [5.74, 6) is -1.11. The van der Waals surface area contributed by atoms with Gasteiger partial charge in [0.05, 0.1) is 19.3 Å². The smallest absolute Gasteiger partial charge is 0.354 e. The number of ether oxygens (including phenoxy) is 3. The number of methoxy groups -OCH3 is 1. The molecule has 45 heavy (non-hydrogen) atoms. The van der Waals surface area contributed by atoms with E-state index < -0.39 is 53.3 Å². The average molecular weight is 617 g/mol. The van der Waals surface area contributed by atoms with Crippen molar-refractivity contribution in [2.45, 2.75) is 70.2 Å². The zero-order valence-corrected chi connectivity index (χ0v) is 25.8. The molecule has 7 rings (SSSR count). The van der Waals surface area contributed by atoms with Crippen molar-refractivity contribution in [2.75, 3.05) is 19.5 Å². The first kappa shape index (κ1) is 30.1. The number of benzene rings is 1. The van der Waals surface area contributed by atoms with Crippen LogP contribution in [0.15, 0.2) is 60.3 Å². The molecule has 1 aromatic heterocycles. The van der Waals surface area contributed by atoms with Crippen molar-refractivity contribution in [1.29, 1.82) is 0 Å². The van der Waals surface area contributed by atoms with Crippen molar-refractivity contribution in [1.82, 2.24) is 4.57 Å². The number of nitrogens with two attached hydrogens (primary N) is 1. The number of esters is 1. The molecule has 0 bridgehead atoms. The summed E-state index contributed by atoms with van der Waals surface area (Å²) in [4.78, 5) is 38.9. The van der Waals surface area contributed by atoms with Gasteiger partial charge in [0.15, 0.2) is 23.5 Å². The summed E-state index contributed by atoms with van der Waals surface area (Å²) in [5.41, 5.74) is 6.59. The summed E-state index contributed by atoms with van der Waals surface area (Å²) >= 11 is 0. The van der Waals surface area contributed by atoms with Crippen LogP contribution in [0.2, 0.25) is 0 Å². The summed E-state index contributed by atoms with van der Waals surface area (Å²) < 4.78 is 20.1. The van der Waals surface area contributed by atoms with Gasteiger partial charge in [0, 0.05) is 40.7 Å². The van der Waals surface area contributed by atoms with Crippen molar-refractivity contribution in [3.63, 3.8) is 0 Å². The fourth-order valence-electron chi connectivity index (χ4n) is 9.79. The first-order valence-corrected chi connectivity index (χ1v) is 15.7. The molecule has 4 N–H and O–H groups in total. The van der Waals surface area contributed by atoms with Gasteiger partial charge >= 0.3 is 5.97 Å². The highest BCUT2D eigenvalue weighted by molar-refractivity contribution is 6.01. The van der Waals surface area contributed by atoms with Crippen LogP contribution >= 0.6 is 0 Å². The quantitative estimate of drug-likeness (QED) is 0.327. The molecule has 0 spiro atoms. The van der Waals surface area contributed by atoms with E-state index in [-0.39, 0.29) is 30.0 Å². The number of rotatable bonds is 6. The highest BCUT2D eigenvalue weighted by Gasteiger charge is 2.76. The number of Topliss-reactive ketones (excluding diaryl/α,β-unsaturated/α-hetero) is 1. The summed E-state index contributed by atoms with van der Waals surface area (Å²) in [6.07, 6.45) is 6.95. The van der Waals surface area contributed by atoms with Gasteiger partial charge in [-0.3, -0.25) is 9.59 Å². The number of allylic oxidation sites excluding steroid dienone is 4. The monoisotopic (exact) mass is 616 g/mol. The fourth-order valence-corrected chi connectivity index (χ4v) is 9.79. The van der Waals surface area contributed by atoms with Crippen LogP contribution in [-0.2, 0) is 30.3 Å². The first-order valence-electron chi connectivity index (χ1n) is 15.7. The molecule has 0 unspecified atom stereocenters. The van der Waals surface area contributed by atoms with Gasteiger partial charge < -0.3 is 34.7 Å². The van der Waals surface area contributed by atoms with Gasteiger partial charge in [0.1, 0.15) is 12.3 Å². The number of carbonyl (C=O) groups is 3. The Balaban J connectivity index is 1.23. The Hall–Kier alpha value is -3.57. The minimum atomic E-state index is -1.49. The number of hydrogen-bond donors (Lipinski definition) is 3. The van der Waals surface area contributed by atoms with E-state index in [0.717, 1.165) is 24.0 Å². The van der Waals surface area contributed by atoms with Crippen LogP contribution in [0, 0.1) is 28.6 Å². The summed E-state index contributed by atoms with van der Waals surface area (Å²) in [6, 6.07) is 9.02. The molecule has 0 amide bonds. The van der Waals surface area contributed by atoms with Gasteiger partial charge in [-0.05, 0) is 73.4 Å². The number of ketones is 2. The van der Waals surface area contributed by atoms with Crippen LogP contribution in [0.3, 0.4) is 0 Å². The number of aliphatic hydroxyl groups excluding tert-OH is 2. The molecule has 10 nitrogen and oxygen atoms in total. The van der Waals surface area contributed by atoms with E-state index in [1.54, 1.807) is 35.0 Å². The Kier molecular flexibility index (Phi) is 7.01. The van der Waals surface area contributed by atoms with Gasteiger partial charge in [-0.2, -0.15) is 0 Å². The van der Waals surface area contributed by atoms with Gasteiger partial charge in [0.25, 0.3) is 0 Å². The molecule has 1 aromatic carbocycles. The maximum Gasteiger partial charge on any atom is 0.354 e. The van der Waals surface area contributed by atoms with Crippen LogP contribution < -0.4 is 5.73 Å². The molecule has 4 aliphatic carbocycles. The summed E-state index contributed by atoms with van der Waals surface area (Å²) in [7, 11) is 1.32. The van der Waals surface area contributed by atoms with E-state index in [1.165, 1.54) is 7.11 Å². The Morgan fingerprint density at radius 1 is 1.22 bits per heavy atom. The molecule has 9 atom stereocenters. The first-order chi connectivity index (χ1) is 21.4. The molecule has 0 radical (unpaired) electrons. The highest BCUT2D eigenvalue weighted by atomic mass is 16.7. The number of aliphatic hydroxyl groups is 2. The Morgan fingerprint density at radius 3 is 2.76 bits per heavy atom. The number of nitrogen functional groups attached to an aromatic ring is 1. The average Bonchev–Trinajstić information content (AvgIpc) is 3.67. The SMILES string of the molecule is COC(=O)c1cc([C@@H]2O[C@@H]3C[C@H]4[C@@H]5CCC6=CC(=O)C=C[C@]6(C)[C@H]5[C@@H](O)C[C@]4(C)[C@]3(C(=O)CO)O2)cn1Cc1cccc(N)c1. The van der Waals surface area contributed by atoms with Gasteiger partial charge in [0.2, 0.25) is 0 Å². The van der Waals surface area contributed by atoms with Crippen LogP contribution in [0.1, 0.15) is 67.4 Å². The lowest BCUT2D eigenvalue weighted by molar-refractivity contribution is -0.201. The van der Waals surface area contributed by atoms with Crippen molar-refractivity contribution >= 4 is 23.2 Å². The van der Waals surface area contributed by atoms with E-state index in [2.05, 4.69) is 6.92 Å². The fraction of sp³-hybridized carbons (Fsp3) is 0.514. The predicted molar refractivity (Wildman–Crippen MR) is 163 cm³/mol. The second-order valence-electron chi connectivity index (χ2n) is 13.9. The standard InChI is InChI=1S/C35H40N2O8/c1-33-10-9-23(39)13-21(33)7-8-24-25-14-29-35(28(41)18-38,34(25,2)15-27(40)30(24)33)45-32(44-29)20-12-26(31(42)43-3)37(17-20)16-19-5-4-6-22(36)11-19/h4-6,9-13,17,24-25,27,29-30,32,38,40H,7-8,14-16,18,36H2,1-3H3/t24-,25-,27-,29+,30+,32+,33-,34-,35+/m0/s1. The van der Waals surface area contributed by atoms with E-state index in [0.29, 0.717) is 29.9 Å². The number of aromatic nitrogens is 1. The molecule has 10 heteroatoms. The number of anilines is 1. The third-order valence-corrected chi connectivity index (χ3v) is 11.7. The van der Waals surface area contributed by atoms with Crippen LogP contribution in [0.5, 0.6) is 0 Å². The Labute approximate surface area is 261 Å². The molecular weight excluding hydrogens is 576 g/mol. The predicted octanol–water partition coefficient (Wildman–Crippen LogP) is 3.51. The second-order valence-corrected chi connectivity index (χ2v) is 13.9. The Morgan fingerprint density at radius 2 is 2.02 bits per heavy atom. The molecule has 2 aromatic rings. The summed E-state index contributed by atoms with van der Waals surface area (Å²) in [6.45, 7) is 3.72. The number of hydrogen-bond acceptors (Lipinski definition) is 9. The number of fused-ring (bicyclic) bond motifs is 7. The minimum absolute atomic E-state index is 0.0180. The zero-order chi connectivity index (χ0) is 31.9. The lowest BCUT2D eigenvalue weighted by Crippen LogP contribution is -2.63. The molecular formula is C35H40N2O8. The highest BCUT2D eigenvalue weighted by Crippen LogP contribution is 2.70. The van der Waals surface area contributed by atoms with Crippen molar-refractivity contribution in [3.8, 4) is 0 Å². The Bertz CT molecular complexity index is 1640. The van der Waals surface area contributed by atoms with E-state index in [1.807, 2.05) is 31.2 Å². The second kappa shape index (κ2) is 10.5. The molecule has 2 heterocycles. The third kappa shape index (κ3) is 4.26. The number of carbonyl (C=O) groups excluding carboxylic acids is 3. The largest absolute Gasteiger partial charge is 0.464 e. The van der Waals surface area contributed by atoms with Gasteiger partial charge in [-0.1, -0.05) is 37.6 Å². The van der Waals surface area contributed by atoms with Crippen LogP contribution in [0.4, 0.5) is 5.69 Å². The van der Waals surface area contributed by atoms with E-state index in [4.69, 9.17) is 19.9 Å². The lowest BCUT2D eigenvalue weighted by atomic mass is 9.46. The molecule has 1 saturated heterocycles. The molecule has 238 valence electrons. The molecule has 3 saturated carbocycles. The van der Waals surface area contributed by atoms with E-state index >= 15 is 0 Å². The number of nitrogens with zero attached hydrogens (tertiary/aromatic N) is 1. The topological polar surface area (TPSA) is 150 Å². The maximum absolute atomic E-state index is 13.9. The molecule has 1 aliphatic heterocycles. The van der Waals surface area contributed by atoms with Crippen LogP contribution in [0.25, 0.3) is 0 Å². The normalized spacial score (nSPS) is 38.2.